The van der Waals surface area contributed by atoms with Crippen LogP contribution in [0.1, 0.15) is 11.1 Å². The Labute approximate surface area is 170 Å². The second-order valence-electron chi connectivity index (χ2n) is 6.78. The first-order valence-electron chi connectivity index (χ1n) is 9.29. The van der Waals surface area contributed by atoms with Crippen molar-refractivity contribution in [3.05, 3.63) is 71.8 Å². The molecule has 2 aromatic rings. The van der Waals surface area contributed by atoms with E-state index in [-0.39, 0.29) is 13.2 Å². The molecule has 0 bridgehead atoms. The van der Waals surface area contributed by atoms with Gasteiger partial charge in [0.1, 0.15) is 12.2 Å². The largest absolute Gasteiger partial charge is 0.471 e. The molecule has 30 heavy (non-hydrogen) atoms. The Hall–Kier alpha value is -2.49. The topological polar surface area (TPSA) is 56.8 Å². The van der Waals surface area contributed by atoms with Crippen molar-refractivity contribution in [1.29, 1.82) is 0 Å². The Morgan fingerprint density at radius 1 is 0.933 bits per heavy atom. The monoisotopic (exact) mass is 427 g/mol. The summed E-state index contributed by atoms with van der Waals surface area (Å²) < 4.78 is 69.0. The maximum Gasteiger partial charge on any atom is 0.471 e. The van der Waals surface area contributed by atoms with E-state index in [4.69, 9.17) is 14.2 Å². The van der Waals surface area contributed by atoms with Crippen molar-refractivity contribution < 1.29 is 36.6 Å². The van der Waals surface area contributed by atoms with Gasteiger partial charge >= 0.3 is 12.1 Å². The highest BCUT2D eigenvalue weighted by molar-refractivity contribution is 5.82. The van der Waals surface area contributed by atoms with E-state index in [1.807, 2.05) is 5.32 Å². The molecule has 0 spiro atoms. The minimum Gasteiger partial charge on any atom is -0.368 e. The van der Waals surface area contributed by atoms with Crippen LogP contribution in [0.15, 0.2) is 60.7 Å². The van der Waals surface area contributed by atoms with Gasteiger partial charge in [0.2, 0.25) is 6.36 Å². The summed E-state index contributed by atoms with van der Waals surface area (Å²) in [6.45, 7) is -0.476. The molecule has 0 aliphatic carbocycles. The quantitative estimate of drug-likeness (QED) is 0.687. The Morgan fingerprint density at radius 2 is 1.43 bits per heavy atom. The van der Waals surface area contributed by atoms with E-state index < -0.39 is 43.3 Å². The number of halogens is 4. The Kier molecular flexibility index (Phi) is 7.41. The fourth-order valence-corrected chi connectivity index (χ4v) is 3.05. The van der Waals surface area contributed by atoms with E-state index in [0.29, 0.717) is 0 Å². The lowest BCUT2D eigenvalue weighted by Gasteiger charge is -2.39. The van der Waals surface area contributed by atoms with Crippen LogP contribution in [0.25, 0.3) is 0 Å². The first-order chi connectivity index (χ1) is 14.3. The van der Waals surface area contributed by atoms with Crippen LogP contribution in [0, 0.1) is 0 Å². The summed E-state index contributed by atoms with van der Waals surface area (Å²) >= 11 is 0. The Balaban J connectivity index is 1.75. The summed E-state index contributed by atoms with van der Waals surface area (Å²) in [5, 5.41) is 1.83. The Bertz CT molecular complexity index is 804. The molecule has 0 unspecified atom stereocenters. The SMILES string of the molecule is O=C(N[C@H]1CO[C@@H](F)[C@H](OCc2ccccc2)[C@H]1OCc1ccccc1)C(F)(F)F. The van der Waals surface area contributed by atoms with Gasteiger partial charge in [0.25, 0.3) is 0 Å². The molecule has 1 aliphatic rings. The molecule has 9 heteroatoms. The summed E-state index contributed by atoms with van der Waals surface area (Å²) in [4.78, 5) is 11.4. The molecule has 1 fully saturated rings. The predicted molar refractivity (Wildman–Crippen MR) is 98.9 cm³/mol. The molecule has 1 saturated heterocycles. The van der Waals surface area contributed by atoms with Crippen LogP contribution in [-0.4, -0.2) is 43.3 Å². The number of amides is 1. The van der Waals surface area contributed by atoms with Crippen LogP contribution in [-0.2, 0) is 32.2 Å². The normalized spacial score (nSPS) is 24.4. The number of ether oxygens (including phenoxy) is 3. The van der Waals surface area contributed by atoms with Gasteiger partial charge in [-0.25, -0.2) is 4.39 Å². The highest BCUT2D eigenvalue weighted by Crippen LogP contribution is 2.26. The molecule has 3 rings (SSSR count). The number of rotatable bonds is 7. The van der Waals surface area contributed by atoms with Crippen LogP contribution in [0.3, 0.4) is 0 Å². The molecule has 0 radical (unpaired) electrons. The van der Waals surface area contributed by atoms with Gasteiger partial charge in [0, 0.05) is 0 Å². The number of hydrogen-bond acceptors (Lipinski definition) is 4. The number of carbonyl (C=O) groups is 1. The van der Waals surface area contributed by atoms with Gasteiger partial charge in [0.05, 0.1) is 25.9 Å². The summed E-state index contributed by atoms with van der Waals surface area (Å²) in [6.07, 6.45) is -9.53. The third kappa shape index (κ3) is 6.01. The van der Waals surface area contributed by atoms with Crippen LogP contribution in [0.2, 0.25) is 0 Å². The second-order valence-corrected chi connectivity index (χ2v) is 6.78. The van der Waals surface area contributed by atoms with Gasteiger partial charge in [0.15, 0.2) is 0 Å². The third-order valence-corrected chi connectivity index (χ3v) is 4.56. The highest BCUT2D eigenvalue weighted by Gasteiger charge is 2.47. The smallest absolute Gasteiger partial charge is 0.368 e. The summed E-state index contributed by atoms with van der Waals surface area (Å²) in [5.41, 5.74) is 1.48. The summed E-state index contributed by atoms with van der Waals surface area (Å²) in [5.74, 6) is -2.15. The average molecular weight is 427 g/mol. The number of nitrogens with one attached hydrogen (secondary N) is 1. The molecule has 1 amide bonds. The van der Waals surface area contributed by atoms with E-state index in [9.17, 15) is 22.4 Å². The zero-order valence-electron chi connectivity index (χ0n) is 15.8. The second kappa shape index (κ2) is 10.0. The van der Waals surface area contributed by atoms with Gasteiger partial charge in [-0.05, 0) is 11.1 Å². The molecule has 0 aromatic heterocycles. The first kappa shape index (κ1) is 22.2. The van der Waals surface area contributed by atoms with Crippen molar-refractivity contribution in [3.63, 3.8) is 0 Å². The number of alkyl halides is 4. The minimum atomic E-state index is -5.09. The summed E-state index contributed by atoms with van der Waals surface area (Å²) in [7, 11) is 0. The van der Waals surface area contributed by atoms with Crippen molar-refractivity contribution in [2.75, 3.05) is 6.61 Å². The van der Waals surface area contributed by atoms with Gasteiger partial charge in [-0.15, -0.1) is 0 Å². The van der Waals surface area contributed by atoms with Crippen LogP contribution >= 0.6 is 0 Å². The zero-order chi connectivity index (χ0) is 21.6. The standard InChI is InChI=1S/C21H21F4NO4/c22-19-18(29-12-15-9-5-2-6-10-15)17(28-11-14-7-3-1-4-8-14)16(13-30-19)26-20(27)21(23,24)25/h1-10,16-19H,11-13H2,(H,26,27)/t16-,17-,18+,19+/m0/s1. The third-order valence-electron chi connectivity index (χ3n) is 4.56. The number of benzene rings is 2. The van der Waals surface area contributed by atoms with Gasteiger partial charge in [-0.3, -0.25) is 4.79 Å². The summed E-state index contributed by atoms with van der Waals surface area (Å²) in [6, 6.07) is 16.5. The van der Waals surface area contributed by atoms with Crippen molar-refractivity contribution in [2.45, 2.75) is 44.0 Å². The van der Waals surface area contributed by atoms with Gasteiger partial charge in [-0.2, -0.15) is 13.2 Å². The molecule has 1 aliphatic heterocycles. The van der Waals surface area contributed by atoms with Crippen LogP contribution in [0.5, 0.6) is 0 Å². The van der Waals surface area contributed by atoms with Crippen molar-refractivity contribution in [2.24, 2.45) is 0 Å². The van der Waals surface area contributed by atoms with E-state index >= 15 is 0 Å². The molecule has 0 saturated carbocycles. The molecule has 1 N–H and O–H groups in total. The zero-order valence-corrected chi connectivity index (χ0v) is 15.8. The van der Waals surface area contributed by atoms with Crippen molar-refractivity contribution >= 4 is 5.91 Å². The number of hydrogen-bond donors (Lipinski definition) is 1. The average Bonchev–Trinajstić information content (AvgIpc) is 2.73. The molecule has 5 nitrogen and oxygen atoms in total. The van der Waals surface area contributed by atoms with Crippen molar-refractivity contribution in [1.82, 2.24) is 5.32 Å². The lowest BCUT2D eigenvalue weighted by atomic mass is 10.0. The van der Waals surface area contributed by atoms with Gasteiger partial charge in [-0.1, -0.05) is 60.7 Å². The van der Waals surface area contributed by atoms with E-state index in [2.05, 4.69) is 0 Å². The molecular weight excluding hydrogens is 406 g/mol. The fourth-order valence-electron chi connectivity index (χ4n) is 3.05. The lowest BCUT2D eigenvalue weighted by Crippen LogP contribution is -2.61. The first-order valence-corrected chi connectivity index (χ1v) is 9.29. The highest BCUT2D eigenvalue weighted by atomic mass is 19.4. The number of carbonyl (C=O) groups excluding carboxylic acids is 1. The van der Waals surface area contributed by atoms with E-state index in [1.165, 1.54) is 0 Å². The maximum absolute atomic E-state index is 14.5. The van der Waals surface area contributed by atoms with Gasteiger partial charge < -0.3 is 19.5 Å². The van der Waals surface area contributed by atoms with E-state index in [1.54, 1.807) is 60.7 Å². The molecule has 4 atom stereocenters. The molecule has 162 valence electrons. The fraction of sp³-hybridized carbons (Fsp3) is 0.381. The van der Waals surface area contributed by atoms with E-state index in [0.717, 1.165) is 11.1 Å². The minimum absolute atomic E-state index is 0.000418. The predicted octanol–water partition coefficient (Wildman–Crippen LogP) is 3.53. The van der Waals surface area contributed by atoms with Crippen LogP contribution in [0.4, 0.5) is 17.6 Å². The molecule has 1 heterocycles. The Morgan fingerprint density at radius 3 is 1.93 bits per heavy atom. The molecule has 2 aromatic carbocycles. The molecular formula is C21H21F4NO4. The van der Waals surface area contributed by atoms with Crippen molar-refractivity contribution in [3.8, 4) is 0 Å². The maximum atomic E-state index is 14.5. The van der Waals surface area contributed by atoms with Crippen LogP contribution < -0.4 is 5.32 Å². The lowest BCUT2D eigenvalue weighted by molar-refractivity contribution is -0.234.